The predicted octanol–water partition coefficient (Wildman–Crippen LogP) is 1.96. The first-order chi connectivity index (χ1) is 4.33. The SMILES string of the molecule is C[Cl+]c1cccc(F)c1. The van der Waals surface area contributed by atoms with Gasteiger partial charge in [-0.25, -0.2) is 4.39 Å². The summed E-state index contributed by atoms with van der Waals surface area (Å²) in [5, 5.41) is 0.912. The van der Waals surface area contributed by atoms with Crippen LogP contribution in [0.2, 0.25) is 5.02 Å². The van der Waals surface area contributed by atoms with Crippen LogP contribution >= 0.6 is 0 Å². The molecule has 0 aromatic heterocycles. The second-order valence-electron chi connectivity index (χ2n) is 1.63. The Bertz CT molecular complexity index is 198. The zero-order valence-electron chi connectivity index (χ0n) is 5.07. The van der Waals surface area contributed by atoms with E-state index in [0.717, 1.165) is 5.02 Å². The monoisotopic (exact) mass is 145 g/mol. The second-order valence-corrected chi connectivity index (χ2v) is 2.44. The fourth-order valence-corrected chi connectivity index (χ4v) is 0.990. The van der Waals surface area contributed by atoms with Gasteiger partial charge in [0.1, 0.15) is 5.82 Å². The maximum atomic E-state index is 12.3. The summed E-state index contributed by atoms with van der Waals surface area (Å²) in [6.45, 7) is 0. The highest BCUT2D eigenvalue weighted by atomic mass is 35.5. The van der Waals surface area contributed by atoms with Crippen molar-refractivity contribution in [3.05, 3.63) is 35.1 Å². The molecule has 0 saturated carbocycles. The summed E-state index contributed by atoms with van der Waals surface area (Å²) in [6, 6.07) is 6.48. The Morgan fingerprint density at radius 1 is 1.44 bits per heavy atom. The molecule has 0 fully saturated rings. The molecule has 0 heterocycles. The second kappa shape index (κ2) is 2.83. The molecule has 0 N–H and O–H groups in total. The Morgan fingerprint density at radius 3 is 2.67 bits per heavy atom. The molecular formula is C7H7ClF+. The van der Waals surface area contributed by atoms with E-state index in [1.165, 1.54) is 12.1 Å². The maximum absolute atomic E-state index is 12.3. The zero-order chi connectivity index (χ0) is 6.69. The first-order valence-corrected chi connectivity index (χ1v) is 3.71. The van der Waals surface area contributed by atoms with Crippen LogP contribution in [0.25, 0.3) is 0 Å². The number of hydrogen-bond acceptors (Lipinski definition) is 0. The lowest BCUT2D eigenvalue weighted by atomic mass is 10.4. The fraction of sp³-hybridized carbons (Fsp3) is 0.143. The predicted molar refractivity (Wildman–Crippen MR) is 31.5 cm³/mol. The molecule has 0 aliphatic rings. The van der Waals surface area contributed by atoms with Gasteiger partial charge in [0, 0.05) is 12.1 Å². The molecule has 0 aliphatic carbocycles. The van der Waals surface area contributed by atoms with Crippen molar-refractivity contribution >= 4 is 0 Å². The van der Waals surface area contributed by atoms with E-state index in [0.29, 0.717) is 0 Å². The maximum Gasteiger partial charge on any atom is 0.230 e. The van der Waals surface area contributed by atoms with Gasteiger partial charge in [-0.2, -0.15) is 0 Å². The van der Waals surface area contributed by atoms with Crippen LogP contribution in [0.5, 0.6) is 0 Å². The van der Waals surface area contributed by atoms with Crippen LogP contribution in [0.3, 0.4) is 0 Å². The Kier molecular flexibility index (Phi) is 2.06. The topological polar surface area (TPSA) is 0 Å². The third-order valence-corrected chi connectivity index (χ3v) is 1.68. The smallest absolute Gasteiger partial charge is 0.207 e. The van der Waals surface area contributed by atoms with Crippen LogP contribution in [0.1, 0.15) is 0 Å². The molecule has 1 rings (SSSR count). The Morgan fingerprint density at radius 2 is 2.22 bits per heavy atom. The van der Waals surface area contributed by atoms with Crippen molar-refractivity contribution in [2.24, 2.45) is 0 Å². The van der Waals surface area contributed by atoms with Crippen LogP contribution in [-0.4, -0.2) is 6.38 Å². The Labute approximate surface area is 57.4 Å². The minimum atomic E-state index is -0.179. The highest BCUT2D eigenvalue weighted by molar-refractivity contribution is 5.10. The van der Waals surface area contributed by atoms with Gasteiger partial charge in [0.25, 0.3) is 0 Å². The van der Waals surface area contributed by atoms with E-state index in [2.05, 4.69) is 0 Å². The van der Waals surface area contributed by atoms with E-state index < -0.39 is 0 Å². The van der Waals surface area contributed by atoms with E-state index in [1.807, 2.05) is 23.2 Å². The van der Waals surface area contributed by atoms with Crippen LogP contribution in [0, 0.1) is 16.6 Å². The van der Waals surface area contributed by atoms with Gasteiger partial charge >= 0.3 is 0 Å². The van der Waals surface area contributed by atoms with E-state index in [-0.39, 0.29) is 5.82 Å². The van der Waals surface area contributed by atoms with Gasteiger partial charge in [0.15, 0.2) is 17.2 Å². The number of rotatable bonds is 1. The van der Waals surface area contributed by atoms with Crippen LogP contribution < -0.4 is 0 Å². The minimum absolute atomic E-state index is 0.179. The summed E-state index contributed by atoms with van der Waals surface area (Å²) < 4.78 is 12.3. The fourth-order valence-electron chi connectivity index (χ4n) is 0.577. The molecule has 0 bridgehead atoms. The number of alkyl halides is 1. The highest BCUT2D eigenvalue weighted by Gasteiger charge is 2.01. The largest absolute Gasteiger partial charge is 0.230 e. The van der Waals surface area contributed by atoms with E-state index >= 15 is 0 Å². The quantitative estimate of drug-likeness (QED) is 0.530. The third-order valence-electron chi connectivity index (χ3n) is 1.00. The molecule has 0 saturated heterocycles. The molecule has 0 spiro atoms. The molecule has 0 unspecified atom stereocenters. The number of halogens is 2. The summed E-state index contributed by atoms with van der Waals surface area (Å²) in [5.74, 6) is -0.179. The van der Waals surface area contributed by atoms with E-state index in [9.17, 15) is 4.39 Å². The standard InChI is InChI=1S/C7H7ClF/c1-8-6-3-2-4-7(9)5-6/h2-5H,1H3/q+1. The summed E-state index contributed by atoms with van der Waals surface area (Å²) >= 11 is 0. The van der Waals surface area contributed by atoms with Gasteiger partial charge in [0.05, 0.1) is 0 Å². The number of benzene rings is 1. The van der Waals surface area contributed by atoms with Crippen molar-refractivity contribution in [2.45, 2.75) is 0 Å². The zero-order valence-corrected chi connectivity index (χ0v) is 5.82. The van der Waals surface area contributed by atoms with E-state index in [1.54, 1.807) is 6.07 Å². The van der Waals surface area contributed by atoms with Crippen LogP contribution in [0.4, 0.5) is 4.39 Å². The highest BCUT2D eigenvalue weighted by Crippen LogP contribution is 2.04. The first kappa shape index (κ1) is 6.56. The summed E-state index contributed by atoms with van der Waals surface area (Å²) in [5.41, 5.74) is 0. The molecule has 48 valence electrons. The average Bonchev–Trinajstić information content (AvgIpc) is 1.88. The summed E-state index contributed by atoms with van der Waals surface area (Å²) in [6.07, 6.45) is 1.87. The molecule has 9 heavy (non-hydrogen) atoms. The molecule has 1 aromatic rings. The van der Waals surface area contributed by atoms with Gasteiger partial charge in [-0.15, -0.1) is 0 Å². The first-order valence-electron chi connectivity index (χ1n) is 2.58. The van der Waals surface area contributed by atoms with Crippen LogP contribution in [0.15, 0.2) is 24.3 Å². The van der Waals surface area contributed by atoms with Gasteiger partial charge in [-0.05, 0) is 6.07 Å². The molecule has 0 atom stereocenters. The lowest BCUT2D eigenvalue weighted by Crippen LogP contribution is -1.78. The van der Waals surface area contributed by atoms with Crippen molar-refractivity contribution in [3.8, 4) is 0 Å². The average molecular weight is 146 g/mol. The lowest BCUT2D eigenvalue weighted by molar-refractivity contribution is -0.566. The Hall–Kier alpha value is -0.560. The lowest BCUT2D eigenvalue weighted by Gasteiger charge is -1.82. The van der Waals surface area contributed by atoms with E-state index in [4.69, 9.17) is 0 Å². The molecule has 0 aliphatic heterocycles. The van der Waals surface area contributed by atoms with Gasteiger partial charge in [-0.1, -0.05) is 6.07 Å². The molecule has 0 radical (unpaired) electrons. The van der Waals surface area contributed by atoms with Crippen molar-refractivity contribution < 1.29 is 15.2 Å². The van der Waals surface area contributed by atoms with Crippen LogP contribution in [-0.2, 0) is 0 Å². The summed E-state index contributed by atoms with van der Waals surface area (Å²) in [7, 11) is 1.97. The molecule has 1 aromatic carbocycles. The minimum Gasteiger partial charge on any atom is -0.207 e. The van der Waals surface area contributed by atoms with Crippen molar-refractivity contribution in [1.82, 2.24) is 0 Å². The molecular weight excluding hydrogens is 139 g/mol. The molecule has 0 amide bonds. The Balaban J connectivity index is 2.94. The van der Waals surface area contributed by atoms with Crippen molar-refractivity contribution in [1.29, 1.82) is 0 Å². The van der Waals surface area contributed by atoms with Gasteiger partial charge < -0.3 is 0 Å². The van der Waals surface area contributed by atoms with Gasteiger partial charge in [0.2, 0.25) is 5.02 Å². The van der Waals surface area contributed by atoms with Crippen molar-refractivity contribution in [2.75, 3.05) is 6.38 Å². The normalized spacial score (nSPS) is 9.56. The summed E-state index contributed by atoms with van der Waals surface area (Å²) in [4.78, 5) is 0. The third kappa shape index (κ3) is 1.68. The van der Waals surface area contributed by atoms with Crippen molar-refractivity contribution in [3.63, 3.8) is 0 Å². The molecule has 0 nitrogen and oxygen atoms in total. The molecule has 2 heteroatoms. The number of hydrogen-bond donors (Lipinski definition) is 0. The van der Waals surface area contributed by atoms with Gasteiger partial charge in [-0.3, -0.25) is 0 Å².